The Balaban J connectivity index is 2.18. The van der Waals surface area contributed by atoms with E-state index in [2.05, 4.69) is 18.3 Å². The van der Waals surface area contributed by atoms with Crippen LogP contribution in [0.2, 0.25) is 0 Å². The first-order chi connectivity index (χ1) is 10.0. The van der Waals surface area contributed by atoms with Gasteiger partial charge in [0.1, 0.15) is 0 Å². The molecule has 1 N–H and O–H groups in total. The van der Waals surface area contributed by atoms with E-state index in [0.29, 0.717) is 4.90 Å². The quantitative estimate of drug-likeness (QED) is 0.835. The van der Waals surface area contributed by atoms with Crippen LogP contribution in [0.5, 0.6) is 0 Å². The predicted octanol–water partition coefficient (Wildman–Crippen LogP) is 3.71. The van der Waals surface area contributed by atoms with Crippen molar-refractivity contribution in [2.24, 2.45) is 5.92 Å². The molecule has 1 unspecified atom stereocenters. The summed E-state index contributed by atoms with van der Waals surface area (Å²) < 4.78 is 23.5. The Kier molecular flexibility index (Phi) is 5.82. The number of sulfone groups is 1. The average Bonchev–Trinajstić information content (AvgIpc) is 2.95. The first-order valence-electron chi connectivity index (χ1n) is 8.04. The average molecular weight is 309 g/mol. The van der Waals surface area contributed by atoms with E-state index in [4.69, 9.17) is 0 Å². The molecule has 0 saturated heterocycles. The minimum atomic E-state index is -3.13. The summed E-state index contributed by atoms with van der Waals surface area (Å²) in [6, 6.07) is 7.72. The van der Waals surface area contributed by atoms with Crippen LogP contribution in [0, 0.1) is 5.92 Å². The Morgan fingerprint density at radius 3 is 2.62 bits per heavy atom. The highest BCUT2D eigenvalue weighted by Gasteiger charge is 2.21. The van der Waals surface area contributed by atoms with Crippen molar-refractivity contribution in [2.45, 2.75) is 56.4 Å². The smallest absolute Gasteiger partial charge is 0.175 e. The SMILES string of the molecule is CCCNC(CC1CCCC1)c1cccc(S(C)(=O)=O)c1. The van der Waals surface area contributed by atoms with Crippen molar-refractivity contribution in [1.29, 1.82) is 0 Å². The Hall–Kier alpha value is -0.870. The Morgan fingerprint density at radius 2 is 2.00 bits per heavy atom. The monoisotopic (exact) mass is 309 g/mol. The summed E-state index contributed by atoms with van der Waals surface area (Å²) >= 11 is 0. The van der Waals surface area contributed by atoms with E-state index in [1.165, 1.54) is 31.9 Å². The summed E-state index contributed by atoms with van der Waals surface area (Å²) in [6.45, 7) is 3.13. The zero-order chi connectivity index (χ0) is 15.3. The molecule has 1 aromatic carbocycles. The van der Waals surface area contributed by atoms with Crippen LogP contribution < -0.4 is 5.32 Å². The van der Waals surface area contributed by atoms with Gasteiger partial charge >= 0.3 is 0 Å². The normalized spacial score (nSPS) is 18.0. The number of hydrogen-bond donors (Lipinski definition) is 1. The second-order valence-electron chi connectivity index (χ2n) is 6.24. The van der Waals surface area contributed by atoms with Gasteiger partial charge in [0.25, 0.3) is 0 Å². The third-order valence-electron chi connectivity index (χ3n) is 4.37. The summed E-state index contributed by atoms with van der Waals surface area (Å²) in [6.07, 6.45) is 8.80. The summed E-state index contributed by atoms with van der Waals surface area (Å²) in [5, 5.41) is 3.60. The number of benzene rings is 1. The zero-order valence-electron chi connectivity index (χ0n) is 13.1. The molecule has 118 valence electrons. The molecule has 0 aliphatic heterocycles. The highest BCUT2D eigenvalue weighted by molar-refractivity contribution is 7.90. The van der Waals surface area contributed by atoms with Gasteiger partial charge in [-0.25, -0.2) is 8.42 Å². The van der Waals surface area contributed by atoms with Crippen molar-refractivity contribution in [3.05, 3.63) is 29.8 Å². The van der Waals surface area contributed by atoms with E-state index in [0.717, 1.165) is 30.9 Å². The molecule has 4 heteroatoms. The third kappa shape index (κ3) is 4.82. The van der Waals surface area contributed by atoms with Crippen LogP contribution in [0.1, 0.15) is 57.1 Å². The number of rotatable bonds is 7. The van der Waals surface area contributed by atoms with E-state index in [1.54, 1.807) is 6.07 Å². The van der Waals surface area contributed by atoms with Crippen molar-refractivity contribution < 1.29 is 8.42 Å². The van der Waals surface area contributed by atoms with Gasteiger partial charge < -0.3 is 5.32 Å². The van der Waals surface area contributed by atoms with Gasteiger partial charge in [-0.1, -0.05) is 44.7 Å². The molecule has 0 heterocycles. The summed E-state index contributed by atoms with van der Waals surface area (Å²) in [5.41, 5.74) is 1.11. The van der Waals surface area contributed by atoms with Crippen molar-refractivity contribution in [3.63, 3.8) is 0 Å². The Labute approximate surface area is 129 Å². The topological polar surface area (TPSA) is 46.2 Å². The largest absolute Gasteiger partial charge is 0.310 e. The van der Waals surface area contributed by atoms with Crippen LogP contribution in [0.4, 0.5) is 0 Å². The Morgan fingerprint density at radius 1 is 1.29 bits per heavy atom. The van der Waals surface area contributed by atoms with Gasteiger partial charge in [-0.3, -0.25) is 0 Å². The molecule has 21 heavy (non-hydrogen) atoms. The highest BCUT2D eigenvalue weighted by atomic mass is 32.2. The van der Waals surface area contributed by atoms with Gasteiger partial charge in [-0.2, -0.15) is 0 Å². The second kappa shape index (κ2) is 7.41. The van der Waals surface area contributed by atoms with Crippen molar-refractivity contribution in [3.8, 4) is 0 Å². The van der Waals surface area contributed by atoms with Crippen molar-refractivity contribution >= 4 is 9.84 Å². The zero-order valence-corrected chi connectivity index (χ0v) is 14.0. The fourth-order valence-electron chi connectivity index (χ4n) is 3.20. The van der Waals surface area contributed by atoms with E-state index in [1.807, 2.05) is 12.1 Å². The van der Waals surface area contributed by atoms with E-state index < -0.39 is 9.84 Å². The van der Waals surface area contributed by atoms with E-state index in [-0.39, 0.29) is 6.04 Å². The van der Waals surface area contributed by atoms with Gasteiger partial charge in [0.05, 0.1) is 4.90 Å². The highest BCUT2D eigenvalue weighted by Crippen LogP contribution is 2.33. The predicted molar refractivity (Wildman–Crippen MR) is 87.2 cm³/mol. The number of hydrogen-bond acceptors (Lipinski definition) is 3. The van der Waals surface area contributed by atoms with Crippen LogP contribution in [0.15, 0.2) is 29.2 Å². The Bertz CT molecular complexity index is 548. The molecule has 0 bridgehead atoms. The van der Waals surface area contributed by atoms with Crippen LogP contribution in [0.25, 0.3) is 0 Å². The molecule has 1 saturated carbocycles. The molecular weight excluding hydrogens is 282 g/mol. The van der Waals surface area contributed by atoms with E-state index >= 15 is 0 Å². The first kappa shape index (κ1) is 16.5. The molecule has 0 aromatic heterocycles. The minimum Gasteiger partial charge on any atom is -0.310 e. The molecule has 1 atom stereocenters. The third-order valence-corrected chi connectivity index (χ3v) is 5.48. The molecule has 1 aliphatic carbocycles. The van der Waals surface area contributed by atoms with Gasteiger partial charge in [0, 0.05) is 12.3 Å². The van der Waals surface area contributed by atoms with Crippen molar-refractivity contribution in [1.82, 2.24) is 5.32 Å². The molecule has 1 fully saturated rings. The molecule has 1 aliphatic rings. The molecule has 3 nitrogen and oxygen atoms in total. The van der Waals surface area contributed by atoms with Crippen LogP contribution in [0.3, 0.4) is 0 Å². The summed E-state index contributed by atoms with van der Waals surface area (Å²) in [7, 11) is -3.13. The molecule has 2 rings (SSSR count). The van der Waals surface area contributed by atoms with Gasteiger partial charge in [0.15, 0.2) is 9.84 Å². The van der Waals surface area contributed by atoms with Crippen LogP contribution in [-0.2, 0) is 9.84 Å². The fraction of sp³-hybridized carbons (Fsp3) is 0.647. The minimum absolute atomic E-state index is 0.273. The maximum atomic E-state index is 11.7. The maximum absolute atomic E-state index is 11.7. The molecule has 0 spiro atoms. The van der Waals surface area contributed by atoms with Gasteiger partial charge in [0.2, 0.25) is 0 Å². The summed E-state index contributed by atoms with van der Waals surface area (Å²) in [5.74, 6) is 0.779. The first-order valence-corrected chi connectivity index (χ1v) is 9.93. The van der Waals surface area contributed by atoms with Crippen LogP contribution >= 0.6 is 0 Å². The standard InChI is InChI=1S/C17H27NO2S/c1-3-11-18-17(12-14-7-4-5-8-14)15-9-6-10-16(13-15)21(2,19)20/h6,9-10,13-14,17-18H,3-5,7-8,11-12H2,1-2H3. The molecule has 1 aromatic rings. The van der Waals surface area contributed by atoms with Crippen molar-refractivity contribution in [2.75, 3.05) is 12.8 Å². The maximum Gasteiger partial charge on any atom is 0.175 e. The molecule has 0 amide bonds. The van der Waals surface area contributed by atoms with Gasteiger partial charge in [-0.05, 0) is 43.0 Å². The second-order valence-corrected chi connectivity index (χ2v) is 8.25. The lowest BCUT2D eigenvalue weighted by Gasteiger charge is -2.23. The van der Waals surface area contributed by atoms with Gasteiger partial charge in [-0.15, -0.1) is 0 Å². The lowest BCUT2D eigenvalue weighted by molar-refractivity contribution is 0.395. The molecule has 0 radical (unpaired) electrons. The molecular formula is C17H27NO2S. The fourth-order valence-corrected chi connectivity index (χ4v) is 3.87. The lowest BCUT2D eigenvalue weighted by Crippen LogP contribution is -2.24. The van der Waals surface area contributed by atoms with E-state index in [9.17, 15) is 8.42 Å². The van der Waals surface area contributed by atoms with Crippen LogP contribution in [-0.4, -0.2) is 21.2 Å². The summed E-state index contributed by atoms with van der Waals surface area (Å²) in [4.78, 5) is 0.426. The number of nitrogens with one attached hydrogen (secondary N) is 1. The lowest BCUT2D eigenvalue weighted by atomic mass is 9.93.